The van der Waals surface area contributed by atoms with Crippen molar-refractivity contribution in [3.63, 3.8) is 0 Å². The Morgan fingerprint density at radius 1 is 0.690 bits per heavy atom. The molecule has 0 radical (unpaired) electrons. The van der Waals surface area contributed by atoms with Crippen LogP contribution in [0, 0.1) is 0 Å². The van der Waals surface area contributed by atoms with Gasteiger partial charge >= 0.3 is 11.9 Å². The smallest absolute Gasteiger partial charge is 0.315 e. The van der Waals surface area contributed by atoms with E-state index in [1.807, 2.05) is 0 Å². The Kier molecular flexibility index (Phi) is 5.12. The summed E-state index contributed by atoms with van der Waals surface area (Å²) in [5.74, 6) is -4.25. The molecule has 2 N–H and O–H groups in total. The van der Waals surface area contributed by atoms with Gasteiger partial charge < -0.3 is 10.2 Å². The van der Waals surface area contributed by atoms with E-state index in [0.29, 0.717) is 27.8 Å². The van der Waals surface area contributed by atoms with Crippen molar-refractivity contribution >= 4 is 11.9 Å². The molecule has 3 aromatic rings. The van der Waals surface area contributed by atoms with Gasteiger partial charge in [0.1, 0.15) is 11.8 Å². The lowest BCUT2D eigenvalue weighted by molar-refractivity contribution is -0.139. The average molecular weight is 390 g/mol. The molecule has 1 heterocycles. The Balaban J connectivity index is 1.97. The van der Waals surface area contributed by atoms with E-state index < -0.39 is 30.1 Å². The number of hydrogen-bond acceptors (Lipinski definition) is 4. The molecule has 1 saturated heterocycles. The molecule has 2 atom stereocenters. The summed E-state index contributed by atoms with van der Waals surface area (Å²) >= 11 is 0. The normalized spacial score (nSPS) is 15.4. The molecule has 2 unspecified atom stereocenters. The summed E-state index contributed by atoms with van der Waals surface area (Å²) in [6, 6.07) is 22.6. The highest BCUT2D eigenvalue weighted by molar-refractivity contribution is 5.86. The quantitative estimate of drug-likeness (QED) is 0.466. The van der Waals surface area contributed by atoms with E-state index in [1.165, 1.54) is 0 Å². The maximum atomic E-state index is 12.3. The second-order valence-corrected chi connectivity index (χ2v) is 6.74. The third-order valence-electron chi connectivity index (χ3n) is 4.98. The molecule has 1 fully saturated rings. The Morgan fingerprint density at radius 3 is 1.69 bits per heavy atom. The molecule has 146 valence electrons. The molecule has 29 heavy (non-hydrogen) atoms. The van der Waals surface area contributed by atoms with Crippen molar-refractivity contribution in [2.45, 2.75) is 18.1 Å². The highest BCUT2D eigenvalue weighted by Gasteiger charge is 2.39. The van der Waals surface area contributed by atoms with E-state index in [9.17, 15) is 19.8 Å². The van der Waals surface area contributed by atoms with Gasteiger partial charge in [-0.2, -0.15) is 9.78 Å². The zero-order valence-electron chi connectivity index (χ0n) is 15.3. The summed E-state index contributed by atoms with van der Waals surface area (Å²) in [6.45, 7) is 0. The monoisotopic (exact) mass is 390 g/mol. The molecule has 0 spiro atoms. The van der Waals surface area contributed by atoms with Crippen LogP contribution in [0.2, 0.25) is 0 Å². The minimum absolute atomic E-state index is 0.380. The summed E-state index contributed by atoms with van der Waals surface area (Å²) in [5.41, 5.74) is 2.40. The summed E-state index contributed by atoms with van der Waals surface area (Å²) in [5, 5.41) is 20.1. The maximum Gasteiger partial charge on any atom is 0.315 e. The van der Waals surface area contributed by atoms with Crippen LogP contribution < -0.4 is 0 Å². The van der Waals surface area contributed by atoms with Gasteiger partial charge in [-0.05, 0) is 22.3 Å². The van der Waals surface area contributed by atoms with Crippen molar-refractivity contribution in [2.24, 2.45) is 0 Å². The number of carboxylic acid groups (broad SMARTS) is 2. The fraction of sp³-hybridized carbons (Fsp3) is 0.130. The number of benzene rings is 3. The molecule has 1 aliphatic heterocycles. The van der Waals surface area contributed by atoms with Crippen LogP contribution in [0.25, 0.3) is 0 Å². The first-order chi connectivity index (χ1) is 14.1. The van der Waals surface area contributed by atoms with E-state index >= 15 is 0 Å². The second kappa shape index (κ2) is 7.87. The van der Waals surface area contributed by atoms with Crippen LogP contribution in [-0.2, 0) is 19.4 Å². The van der Waals surface area contributed by atoms with Crippen LogP contribution in [0.4, 0.5) is 0 Å². The molecular weight excluding hydrogens is 372 g/mol. The number of hydrogen-bond donors (Lipinski definition) is 2. The molecule has 0 saturated carbocycles. The van der Waals surface area contributed by atoms with Gasteiger partial charge in [0.05, 0.1) is 0 Å². The van der Waals surface area contributed by atoms with E-state index in [1.54, 1.807) is 78.9 Å². The molecule has 3 aromatic carbocycles. The van der Waals surface area contributed by atoms with E-state index in [-0.39, 0.29) is 0 Å². The van der Waals surface area contributed by atoms with Gasteiger partial charge in [0.25, 0.3) is 0 Å². The second-order valence-electron chi connectivity index (χ2n) is 6.74. The van der Waals surface area contributed by atoms with Crippen LogP contribution in [0.5, 0.6) is 0 Å². The van der Waals surface area contributed by atoms with Crippen LogP contribution >= 0.6 is 0 Å². The lowest BCUT2D eigenvalue weighted by Crippen LogP contribution is -2.22. The Hall–Kier alpha value is -3.48. The largest absolute Gasteiger partial charge is 0.481 e. The van der Waals surface area contributed by atoms with Gasteiger partial charge in [-0.15, -0.1) is 0 Å². The van der Waals surface area contributed by atoms with Crippen LogP contribution in [0.3, 0.4) is 0 Å². The summed E-state index contributed by atoms with van der Waals surface area (Å²) in [4.78, 5) is 34.5. The fourth-order valence-electron chi connectivity index (χ4n) is 3.70. The zero-order chi connectivity index (χ0) is 20.4. The molecule has 0 aliphatic carbocycles. The Labute approximate surface area is 166 Å². The van der Waals surface area contributed by atoms with Crippen molar-refractivity contribution in [1.29, 1.82) is 0 Å². The predicted octanol–water partition coefficient (Wildman–Crippen LogP) is 4.08. The number of carboxylic acids is 2. The van der Waals surface area contributed by atoms with Crippen LogP contribution in [-0.4, -0.2) is 22.2 Å². The van der Waals surface area contributed by atoms with Crippen LogP contribution in [0.1, 0.15) is 45.9 Å². The minimum Gasteiger partial charge on any atom is -0.481 e. The first kappa shape index (κ1) is 18.9. The molecule has 0 amide bonds. The van der Waals surface area contributed by atoms with Crippen molar-refractivity contribution < 1.29 is 29.6 Å². The Bertz CT molecular complexity index is 1030. The first-order valence-corrected chi connectivity index (χ1v) is 9.08. The van der Waals surface area contributed by atoms with Crippen molar-refractivity contribution in [3.8, 4) is 0 Å². The van der Waals surface area contributed by atoms with Gasteiger partial charge in [-0.1, -0.05) is 78.9 Å². The Morgan fingerprint density at radius 2 is 1.21 bits per heavy atom. The number of rotatable bonds is 7. The lowest BCUT2D eigenvalue weighted by atomic mass is 9.79. The molecule has 4 rings (SSSR count). The lowest BCUT2D eigenvalue weighted by Gasteiger charge is -2.24. The van der Waals surface area contributed by atoms with Gasteiger partial charge in [0.15, 0.2) is 0 Å². The number of carbonyl (C=O) groups is 2. The van der Waals surface area contributed by atoms with Gasteiger partial charge in [0, 0.05) is 5.56 Å². The van der Waals surface area contributed by atoms with Gasteiger partial charge in [0.2, 0.25) is 6.29 Å². The first-order valence-electron chi connectivity index (χ1n) is 9.08. The number of aliphatic carboxylic acids is 2. The van der Waals surface area contributed by atoms with Crippen LogP contribution in [0.15, 0.2) is 78.9 Å². The third-order valence-corrected chi connectivity index (χ3v) is 4.98. The summed E-state index contributed by atoms with van der Waals surface area (Å²) < 4.78 is 0. The minimum atomic E-state index is -1.08. The molecule has 1 aliphatic rings. The molecule has 6 heteroatoms. The highest BCUT2D eigenvalue weighted by Crippen LogP contribution is 2.43. The molecule has 0 aromatic heterocycles. The van der Waals surface area contributed by atoms with E-state index in [2.05, 4.69) is 0 Å². The fourth-order valence-corrected chi connectivity index (χ4v) is 3.70. The SMILES string of the molecule is O=C(O)C(c1ccccc1)c1cccc(C2OO2)c1C(C(=O)O)c1ccccc1. The molecule has 0 bridgehead atoms. The predicted molar refractivity (Wildman–Crippen MR) is 103 cm³/mol. The maximum absolute atomic E-state index is 12.3. The van der Waals surface area contributed by atoms with Gasteiger partial charge in [-0.25, -0.2) is 0 Å². The van der Waals surface area contributed by atoms with E-state index in [4.69, 9.17) is 9.78 Å². The average Bonchev–Trinajstić information content (AvgIpc) is 3.56. The highest BCUT2D eigenvalue weighted by atomic mass is 17.4. The van der Waals surface area contributed by atoms with E-state index in [0.717, 1.165) is 0 Å². The summed E-state index contributed by atoms with van der Waals surface area (Å²) in [7, 11) is 0. The third kappa shape index (κ3) is 3.76. The summed E-state index contributed by atoms with van der Waals surface area (Å²) in [6.07, 6.45) is -0.708. The molecular formula is C23H18O6. The standard InChI is InChI=1S/C23H18O6/c24-21(25)18(14-8-3-1-4-9-14)16-12-7-13-17(23-28-29-23)20(16)19(22(26)27)15-10-5-2-6-11-15/h1-13,18-19,23H,(H,24,25)(H,26,27). The topological polar surface area (TPSA) is 99.7 Å². The van der Waals surface area contributed by atoms with Crippen molar-refractivity contribution in [2.75, 3.05) is 0 Å². The van der Waals surface area contributed by atoms with Gasteiger partial charge in [-0.3, -0.25) is 9.59 Å². The zero-order valence-corrected chi connectivity index (χ0v) is 15.3. The van der Waals surface area contributed by atoms with Crippen molar-refractivity contribution in [3.05, 3.63) is 107 Å². The molecule has 6 nitrogen and oxygen atoms in total. The van der Waals surface area contributed by atoms with Crippen molar-refractivity contribution in [1.82, 2.24) is 0 Å².